The van der Waals surface area contributed by atoms with E-state index in [-0.39, 0.29) is 54.0 Å². The molecule has 32 heavy (non-hydrogen) atoms. The number of carbonyl (C=O) groups is 3. The van der Waals surface area contributed by atoms with E-state index in [1.54, 1.807) is 24.4 Å². The molecular formula is C21H20ClN4NaO5. The van der Waals surface area contributed by atoms with E-state index >= 15 is 0 Å². The molecule has 0 saturated carbocycles. The standard InChI is InChI=1S/C21H21ClN4O5.Na/c1-10(27)18-16-6-14(19(21(30)31)26(16)20(18)29)11-2-3-12(15(22)4-11)5-17(28)24-8-13-7-23-9-25-13;/h2-4,7,9-10,16,18,27H,5-6,8H2,1H3,(H,23,25)(H,24,28)(H,30,31);/q;+1/p-1/t10-,16-,18-;/m1./s1. The van der Waals surface area contributed by atoms with Crippen LogP contribution in [0.2, 0.25) is 5.02 Å². The number of aliphatic carboxylic acids is 1. The fourth-order valence-corrected chi connectivity index (χ4v) is 4.45. The second-order valence-electron chi connectivity index (χ2n) is 7.70. The molecule has 0 unspecified atom stereocenters. The molecule has 3 atom stereocenters. The Morgan fingerprint density at radius 1 is 1.44 bits per heavy atom. The van der Waals surface area contributed by atoms with Crippen molar-refractivity contribution in [2.75, 3.05) is 0 Å². The summed E-state index contributed by atoms with van der Waals surface area (Å²) in [5.74, 6) is -2.74. The number of carbonyl (C=O) groups excluding carboxylic acids is 3. The van der Waals surface area contributed by atoms with Crippen molar-refractivity contribution in [1.82, 2.24) is 20.2 Å². The quantitative estimate of drug-likeness (QED) is 0.294. The third-order valence-electron chi connectivity index (χ3n) is 5.71. The van der Waals surface area contributed by atoms with Crippen molar-refractivity contribution in [2.45, 2.75) is 38.5 Å². The van der Waals surface area contributed by atoms with Gasteiger partial charge >= 0.3 is 29.6 Å². The van der Waals surface area contributed by atoms with E-state index in [9.17, 15) is 24.6 Å². The van der Waals surface area contributed by atoms with E-state index in [2.05, 4.69) is 15.3 Å². The Balaban J connectivity index is 0.00000289. The second kappa shape index (κ2) is 9.76. The number of aromatic amines is 1. The zero-order valence-corrected chi connectivity index (χ0v) is 20.3. The van der Waals surface area contributed by atoms with Crippen LogP contribution in [0.1, 0.15) is 30.2 Å². The molecule has 9 nitrogen and oxygen atoms in total. The number of amides is 2. The number of fused-ring (bicyclic) bond motifs is 1. The molecule has 0 spiro atoms. The third kappa shape index (κ3) is 4.49. The summed E-state index contributed by atoms with van der Waals surface area (Å²) in [6.07, 6.45) is 2.60. The Kier molecular flexibility index (Phi) is 7.46. The van der Waals surface area contributed by atoms with Gasteiger partial charge in [-0.25, -0.2) is 4.98 Å². The van der Waals surface area contributed by atoms with E-state index in [0.717, 1.165) is 5.69 Å². The van der Waals surface area contributed by atoms with Gasteiger partial charge in [-0.1, -0.05) is 23.7 Å². The zero-order valence-electron chi connectivity index (χ0n) is 17.6. The Hall–Kier alpha value is -2.17. The molecule has 11 heteroatoms. The van der Waals surface area contributed by atoms with Gasteiger partial charge in [0.05, 0.1) is 54.7 Å². The molecule has 3 N–H and O–H groups in total. The fraction of sp³-hybridized carbons (Fsp3) is 0.333. The Bertz CT molecular complexity index is 1090. The molecule has 3 heterocycles. The van der Waals surface area contributed by atoms with Gasteiger partial charge in [-0.2, -0.15) is 0 Å². The number of nitrogens with one attached hydrogen (secondary N) is 2. The molecule has 2 amide bonds. The summed E-state index contributed by atoms with van der Waals surface area (Å²) in [6.45, 7) is 1.83. The summed E-state index contributed by atoms with van der Waals surface area (Å²) >= 11 is 6.37. The first-order valence-corrected chi connectivity index (χ1v) is 10.1. The molecular weight excluding hydrogens is 447 g/mol. The van der Waals surface area contributed by atoms with Crippen molar-refractivity contribution < 1.29 is 54.2 Å². The normalized spacial score (nSPS) is 20.3. The maximum absolute atomic E-state index is 12.3. The van der Waals surface area contributed by atoms with E-state index < -0.39 is 29.9 Å². The molecule has 0 aliphatic carbocycles. The van der Waals surface area contributed by atoms with Gasteiger partial charge in [0.1, 0.15) is 0 Å². The summed E-state index contributed by atoms with van der Waals surface area (Å²) in [7, 11) is 0. The Morgan fingerprint density at radius 3 is 2.78 bits per heavy atom. The number of benzene rings is 1. The number of rotatable bonds is 7. The molecule has 1 aromatic heterocycles. The van der Waals surface area contributed by atoms with Crippen LogP contribution in [-0.4, -0.2) is 49.9 Å². The topological polar surface area (TPSA) is 138 Å². The number of nitrogens with zero attached hydrogens (tertiary/aromatic N) is 2. The van der Waals surface area contributed by atoms with Gasteiger partial charge in [0, 0.05) is 11.2 Å². The first-order chi connectivity index (χ1) is 14.8. The van der Waals surface area contributed by atoms with E-state index in [1.165, 1.54) is 18.2 Å². The first kappa shape index (κ1) is 24.5. The van der Waals surface area contributed by atoms with Crippen LogP contribution in [-0.2, 0) is 27.3 Å². The largest absolute Gasteiger partial charge is 1.00 e. The predicted molar refractivity (Wildman–Crippen MR) is 108 cm³/mol. The van der Waals surface area contributed by atoms with Crippen LogP contribution in [0, 0.1) is 5.92 Å². The van der Waals surface area contributed by atoms with Crippen molar-refractivity contribution in [3.05, 3.63) is 58.3 Å². The van der Waals surface area contributed by atoms with Gasteiger partial charge in [-0.15, -0.1) is 0 Å². The maximum atomic E-state index is 12.3. The van der Waals surface area contributed by atoms with Crippen molar-refractivity contribution in [3.8, 4) is 0 Å². The SMILES string of the molecule is C[C@@H](O)[C@H]1C(=O)N2C(C(=O)[O-])=C(c3ccc(CC(=O)NCc4cnc[nH]4)c(Cl)c3)C[C@H]12.[Na+]. The molecule has 4 rings (SSSR count). The monoisotopic (exact) mass is 466 g/mol. The number of imidazole rings is 1. The number of aliphatic hydroxyl groups is 1. The van der Waals surface area contributed by atoms with Gasteiger partial charge in [0.15, 0.2) is 0 Å². The minimum atomic E-state index is -1.45. The molecule has 2 aromatic rings. The predicted octanol–water partition coefficient (Wildman–Crippen LogP) is -3.00. The smallest absolute Gasteiger partial charge is 0.543 e. The average Bonchev–Trinajstić information content (AvgIpc) is 3.33. The molecule has 0 radical (unpaired) electrons. The number of aliphatic hydroxyl groups excluding tert-OH is 1. The number of hydrogen-bond donors (Lipinski definition) is 3. The van der Waals surface area contributed by atoms with E-state index in [1.807, 2.05) is 0 Å². The van der Waals surface area contributed by atoms with Crippen LogP contribution < -0.4 is 40.0 Å². The van der Waals surface area contributed by atoms with Crippen LogP contribution in [0.5, 0.6) is 0 Å². The van der Waals surface area contributed by atoms with Crippen LogP contribution in [0.4, 0.5) is 0 Å². The van der Waals surface area contributed by atoms with E-state index in [4.69, 9.17) is 11.6 Å². The van der Waals surface area contributed by atoms with Crippen LogP contribution in [0.25, 0.3) is 5.57 Å². The van der Waals surface area contributed by atoms with Gasteiger partial charge in [0.25, 0.3) is 0 Å². The zero-order chi connectivity index (χ0) is 22.3. The Labute approximate surface area is 211 Å². The van der Waals surface area contributed by atoms with Gasteiger partial charge in [-0.05, 0) is 36.1 Å². The maximum Gasteiger partial charge on any atom is 1.00 e. The van der Waals surface area contributed by atoms with Crippen molar-refractivity contribution in [1.29, 1.82) is 0 Å². The number of H-pyrrole nitrogens is 1. The van der Waals surface area contributed by atoms with E-state index in [0.29, 0.717) is 28.3 Å². The third-order valence-corrected chi connectivity index (χ3v) is 6.06. The van der Waals surface area contributed by atoms with Gasteiger partial charge in [0.2, 0.25) is 11.8 Å². The number of β-lactam (4-membered cyclic amide) rings is 1. The molecule has 2 aliphatic heterocycles. The number of hydrogen-bond acceptors (Lipinski definition) is 6. The van der Waals surface area contributed by atoms with Crippen LogP contribution in [0.15, 0.2) is 36.4 Å². The van der Waals surface area contributed by atoms with Crippen molar-refractivity contribution in [2.24, 2.45) is 5.92 Å². The van der Waals surface area contributed by atoms with Gasteiger partial charge < -0.3 is 30.2 Å². The number of aromatic nitrogens is 2. The molecule has 1 fully saturated rings. The van der Waals surface area contributed by atoms with Crippen LogP contribution in [0.3, 0.4) is 0 Å². The molecule has 1 saturated heterocycles. The molecule has 1 aromatic carbocycles. The summed E-state index contributed by atoms with van der Waals surface area (Å²) in [6, 6.07) is 4.51. The van der Waals surface area contributed by atoms with Crippen LogP contribution >= 0.6 is 11.6 Å². The van der Waals surface area contributed by atoms with Crippen molar-refractivity contribution in [3.63, 3.8) is 0 Å². The minimum absolute atomic E-state index is 0. The molecule has 2 aliphatic rings. The minimum Gasteiger partial charge on any atom is -0.543 e. The van der Waals surface area contributed by atoms with Crippen molar-refractivity contribution >= 4 is 35.0 Å². The second-order valence-corrected chi connectivity index (χ2v) is 8.10. The molecule has 162 valence electrons. The number of carboxylic acids is 1. The number of halogens is 1. The molecule has 0 bridgehead atoms. The van der Waals surface area contributed by atoms with Gasteiger partial charge in [-0.3, -0.25) is 9.59 Å². The summed E-state index contributed by atoms with van der Waals surface area (Å²) < 4.78 is 0. The Morgan fingerprint density at radius 2 is 2.19 bits per heavy atom. The summed E-state index contributed by atoms with van der Waals surface area (Å²) in [5.41, 5.74) is 2.14. The first-order valence-electron chi connectivity index (χ1n) is 9.76. The summed E-state index contributed by atoms with van der Waals surface area (Å²) in [5, 5.41) is 24.7. The fourth-order valence-electron chi connectivity index (χ4n) is 4.21. The summed E-state index contributed by atoms with van der Waals surface area (Å²) in [4.78, 5) is 44.2. The average molecular weight is 467 g/mol. The number of carboxylic acid groups (broad SMARTS) is 1.